The van der Waals surface area contributed by atoms with Gasteiger partial charge in [-0.2, -0.15) is 0 Å². The van der Waals surface area contributed by atoms with Crippen LogP contribution in [-0.4, -0.2) is 22.7 Å². The molecule has 51 heavy (non-hydrogen) atoms. The maximum Gasteiger partial charge on any atom is 0.494 e. The summed E-state index contributed by atoms with van der Waals surface area (Å²) in [6.07, 6.45) is 1.75. The average Bonchev–Trinajstić information content (AvgIpc) is 3.83. The lowest BCUT2D eigenvalue weighted by Crippen LogP contribution is -2.41. The highest BCUT2D eigenvalue weighted by molar-refractivity contribution is 7.26. The molecule has 6 aromatic carbocycles. The molecular formula is C46H46BNO2S. The van der Waals surface area contributed by atoms with Crippen LogP contribution < -0.4 is 5.46 Å². The monoisotopic (exact) mass is 687 g/mol. The molecule has 10 rings (SSSR count). The maximum absolute atomic E-state index is 6.35. The average molecular weight is 688 g/mol. The number of rotatable bonds is 1. The third-order valence-corrected chi connectivity index (χ3v) is 11.4. The van der Waals surface area contributed by atoms with Gasteiger partial charge >= 0.3 is 7.12 Å². The Balaban J connectivity index is 0.000000295. The Kier molecular flexibility index (Phi) is 9.18. The fraction of sp³-hybridized carbons (Fsp3) is 0.217. The number of fused-ring (bicyclic) bond motifs is 11. The molecule has 1 saturated heterocycles. The first-order chi connectivity index (χ1) is 24.6. The normalized spacial score (nSPS) is 14.9. The Bertz CT molecular complexity index is 2650. The lowest BCUT2D eigenvalue weighted by atomic mass is 9.79. The van der Waals surface area contributed by atoms with Crippen molar-refractivity contribution < 1.29 is 9.31 Å². The SMILES string of the molecule is C=CC.CC.CC1(C)OB(c2ccc3c(c2)sc2cc4c(ccc5c4c4cccc6c7ccccc7n5c64)cc23)OC1(C)C.Cc1ccccc1. The number of aryl methyl sites for hydroxylation is 1. The molecule has 1 fully saturated rings. The molecule has 0 amide bonds. The summed E-state index contributed by atoms with van der Waals surface area (Å²) in [7, 11) is -0.350. The molecular weight excluding hydrogens is 641 g/mol. The van der Waals surface area contributed by atoms with E-state index in [1.807, 2.05) is 50.3 Å². The predicted molar refractivity (Wildman–Crippen MR) is 226 cm³/mol. The van der Waals surface area contributed by atoms with Crippen molar-refractivity contribution in [2.24, 2.45) is 0 Å². The largest absolute Gasteiger partial charge is 0.494 e. The van der Waals surface area contributed by atoms with Gasteiger partial charge in [0, 0.05) is 41.7 Å². The van der Waals surface area contributed by atoms with E-state index in [0.717, 1.165) is 5.46 Å². The number of nitrogens with zero attached hydrogens (tertiary/aromatic N) is 1. The summed E-state index contributed by atoms with van der Waals surface area (Å²) >= 11 is 1.86. The van der Waals surface area contributed by atoms with Crippen LogP contribution in [0.25, 0.3) is 69.0 Å². The molecule has 1 aliphatic rings. The summed E-state index contributed by atoms with van der Waals surface area (Å²) in [6, 6.07) is 41.8. The van der Waals surface area contributed by atoms with Crippen LogP contribution in [0.3, 0.4) is 0 Å². The van der Waals surface area contributed by atoms with Crippen molar-refractivity contribution in [1.82, 2.24) is 4.40 Å². The number of hydrogen-bond acceptors (Lipinski definition) is 3. The van der Waals surface area contributed by atoms with E-state index in [1.165, 1.54) is 74.6 Å². The third kappa shape index (κ3) is 5.78. The number of allylic oxidation sites excluding steroid dienone is 1. The van der Waals surface area contributed by atoms with Crippen LogP contribution >= 0.6 is 11.3 Å². The van der Waals surface area contributed by atoms with Gasteiger partial charge < -0.3 is 13.7 Å². The second-order valence-corrected chi connectivity index (χ2v) is 15.2. The first-order valence-electron chi connectivity index (χ1n) is 18.0. The van der Waals surface area contributed by atoms with Crippen LogP contribution in [0.2, 0.25) is 0 Å². The van der Waals surface area contributed by atoms with Crippen molar-refractivity contribution in [3.05, 3.63) is 133 Å². The van der Waals surface area contributed by atoms with Crippen LogP contribution in [0, 0.1) is 6.92 Å². The molecule has 3 nitrogen and oxygen atoms in total. The van der Waals surface area contributed by atoms with E-state index in [4.69, 9.17) is 9.31 Å². The van der Waals surface area contributed by atoms with E-state index in [2.05, 4.69) is 143 Å². The van der Waals surface area contributed by atoms with E-state index >= 15 is 0 Å². The molecule has 1 aliphatic heterocycles. The molecule has 0 atom stereocenters. The van der Waals surface area contributed by atoms with Gasteiger partial charge in [-0.3, -0.25) is 0 Å². The van der Waals surface area contributed by atoms with Crippen molar-refractivity contribution in [3.8, 4) is 0 Å². The van der Waals surface area contributed by atoms with Gasteiger partial charge in [0.15, 0.2) is 0 Å². The van der Waals surface area contributed by atoms with Crippen molar-refractivity contribution >= 4 is 93.0 Å². The highest BCUT2D eigenvalue weighted by atomic mass is 32.1. The summed E-state index contributed by atoms with van der Waals surface area (Å²) in [5.74, 6) is 0. The molecule has 9 aromatic rings. The van der Waals surface area contributed by atoms with Crippen LogP contribution in [0.1, 0.15) is 54.0 Å². The van der Waals surface area contributed by atoms with Gasteiger partial charge in [0.25, 0.3) is 0 Å². The third-order valence-electron chi connectivity index (χ3n) is 10.3. The summed E-state index contributed by atoms with van der Waals surface area (Å²) in [6.45, 7) is 19.8. The van der Waals surface area contributed by atoms with E-state index in [-0.39, 0.29) is 18.3 Å². The molecule has 0 saturated carbocycles. The van der Waals surface area contributed by atoms with E-state index in [1.54, 1.807) is 6.08 Å². The molecule has 0 aliphatic carbocycles. The quantitative estimate of drug-likeness (QED) is 0.127. The van der Waals surface area contributed by atoms with Crippen molar-refractivity contribution in [2.45, 2.75) is 66.6 Å². The Labute approximate surface area is 305 Å². The molecule has 3 aromatic heterocycles. The molecule has 256 valence electrons. The minimum atomic E-state index is -0.350. The molecule has 0 spiro atoms. The van der Waals surface area contributed by atoms with E-state index < -0.39 is 0 Å². The minimum absolute atomic E-state index is 0.349. The van der Waals surface area contributed by atoms with Crippen LogP contribution in [-0.2, 0) is 9.31 Å². The Hall–Kier alpha value is -4.68. The highest BCUT2D eigenvalue weighted by Gasteiger charge is 2.51. The topological polar surface area (TPSA) is 22.9 Å². The summed E-state index contributed by atoms with van der Waals surface area (Å²) in [5, 5.41) is 10.5. The fourth-order valence-electron chi connectivity index (χ4n) is 7.20. The lowest BCUT2D eigenvalue weighted by Gasteiger charge is -2.32. The van der Waals surface area contributed by atoms with Crippen molar-refractivity contribution in [1.29, 1.82) is 0 Å². The molecule has 0 bridgehead atoms. The number of benzene rings is 6. The van der Waals surface area contributed by atoms with Crippen LogP contribution in [0.15, 0.2) is 128 Å². The highest BCUT2D eigenvalue weighted by Crippen LogP contribution is 2.44. The smallest absolute Gasteiger partial charge is 0.399 e. The van der Waals surface area contributed by atoms with Gasteiger partial charge in [0.1, 0.15) is 0 Å². The zero-order chi connectivity index (χ0) is 36.1. The first-order valence-corrected chi connectivity index (χ1v) is 18.8. The fourth-order valence-corrected chi connectivity index (χ4v) is 8.38. The van der Waals surface area contributed by atoms with Crippen molar-refractivity contribution in [2.75, 3.05) is 0 Å². The Morgan fingerprint density at radius 3 is 1.94 bits per heavy atom. The van der Waals surface area contributed by atoms with Crippen LogP contribution in [0.5, 0.6) is 0 Å². The number of aromatic nitrogens is 1. The number of thiophene rings is 1. The van der Waals surface area contributed by atoms with Gasteiger partial charge in [0.2, 0.25) is 0 Å². The van der Waals surface area contributed by atoms with Crippen LogP contribution in [0.4, 0.5) is 0 Å². The Morgan fingerprint density at radius 1 is 0.627 bits per heavy atom. The van der Waals surface area contributed by atoms with Crippen molar-refractivity contribution in [3.63, 3.8) is 0 Å². The van der Waals surface area contributed by atoms with Gasteiger partial charge in [-0.25, -0.2) is 0 Å². The minimum Gasteiger partial charge on any atom is -0.399 e. The second-order valence-electron chi connectivity index (χ2n) is 14.1. The van der Waals surface area contributed by atoms with Gasteiger partial charge in [-0.1, -0.05) is 110 Å². The Morgan fingerprint density at radius 2 is 1.25 bits per heavy atom. The van der Waals surface area contributed by atoms with E-state index in [0.29, 0.717) is 0 Å². The molecule has 0 N–H and O–H groups in total. The van der Waals surface area contributed by atoms with Gasteiger partial charge in [0.05, 0.1) is 27.8 Å². The van der Waals surface area contributed by atoms with Gasteiger partial charge in [-0.15, -0.1) is 17.9 Å². The molecule has 4 heterocycles. The predicted octanol–water partition coefficient (Wildman–Crippen LogP) is 12.9. The molecule has 0 unspecified atom stereocenters. The zero-order valence-corrected chi connectivity index (χ0v) is 31.8. The second kappa shape index (κ2) is 13.5. The summed E-state index contributed by atoms with van der Waals surface area (Å²) < 4.78 is 17.7. The van der Waals surface area contributed by atoms with E-state index in [9.17, 15) is 0 Å². The lowest BCUT2D eigenvalue weighted by molar-refractivity contribution is 0.00578. The summed E-state index contributed by atoms with van der Waals surface area (Å²) in [5.41, 5.74) is 5.58. The van der Waals surface area contributed by atoms with Gasteiger partial charge in [-0.05, 0) is 88.1 Å². The summed E-state index contributed by atoms with van der Waals surface area (Å²) in [4.78, 5) is 0. The standard InChI is InChI=1S/C34H26BNO2S.C7H8.C3H6.C2H6/c1-33(2)34(3,4)38-35(37-33)20-13-14-22-26-16-19-12-15-28-31(25(19)18-30(26)39-29(22)17-20)24-10-7-9-23-21-8-5-6-11-27(21)36(28)32(23)24;1-7-5-3-2-4-6-7;1-3-2;1-2/h5-18H,1-4H3;2-6H,1H3;3H,1H2,2H3;1-2H3. The number of para-hydroxylation sites is 2. The molecule has 5 heteroatoms. The molecule has 0 radical (unpaired) electrons. The number of hydrogen-bond donors (Lipinski definition) is 0. The first kappa shape index (κ1) is 34.8. The zero-order valence-electron chi connectivity index (χ0n) is 31.0. The maximum atomic E-state index is 6.35.